The average molecular weight is 242 g/mol. The molecule has 0 unspecified atom stereocenters. The first-order valence-corrected chi connectivity index (χ1v) is 6.46. The summed E-state index contributed by atoms with van der Waals surface area (Å²) in [6.07, 6.45) is 0.528. The summed E-state index contributed by atoms with van der Waals surface area (Å²) in [5, 5.41) is 0. The first-order valence-electron chi connectivity index (χ1n) is 4.80. The molecule has 0 saturated carbocycles. The fourth-order valence-corrected chi connectivity index (χ4v) is 2.70. The van der Waals surface area contributed by atoms with Crippen LogP contribution in [0.1, 0.15) is 23.7 Å². The molecule has 4 N–H and O–H groups in total. The van der Waals surface area contributed by atoms with Crippen molar-refractivity contribution in [2.75, 3.05) is 11.5 Å². The number of nitrogens with two attached hydrogens (primary N) is 2. The smallest absolute Gasteiger partial charge is 0.250 e. The van der Waals surface area contributed by atoms with Gasteiger partial charge < -0.3 is 11.5 Å². The van der Waals surface area contributed by atoms with E-state index in [1.54, 1.807) is 6.92 Å². The maximum absolute atomic E-state index is 11.7. The van der Waals surface area contributed by atoms with Gasteiger partial charge >= 0.3 is 0 Å². The molecule has 1 aromatic carbocycles. The lowest BCUT2D eigenvalue weighted by molar-refractivity contribution is 0.100. The van der Waals surface area contributed by atoms with Gasteiger partial charge in [0.25, 0.3) is 5.91 Å². The van der Waals surface area contributed by atoms with Gasteiger partial charge in [0.05, 0.1) is 16.2 Å². The van der Waals surface area contributed by atoms with E-state index in [-0.39, 0.29) is 21.9 Å². The van der Waals surface area contributed by atoms with Crippen LogP contribution in [0.4, 0.5) is 5.69 Å². The van der Waals surface area contributed by atoms with E-state index in [1.165, 1.54) is 18.2 Å². The molecule has 0 atom stereocenters. The second kappa shape index (κ2) is 4.52. The Labute approximate surface area is 94.4 Å². The molecule has 0 heterocycles. The van der Waals surface area contributed by atoms with Crippen LogP contribution in [-0.4, -0.2) is 20.1 Å². The number of carbonyl (C=O) groups excluding carboxylic acids is 1. The SMILES string of the molecule is CCCS(=O)(=O)c1ccc(C(N)=O)c(N)c1. The summed E-state index contributed by atoms with van der Waals surface area (Å²) in [4.78, 5) is 11.0. The van der Waals surface area contributed by atoms with Gasteiger partial charge in [0, 0.05) is 5.69 Å². The molecule has 0 aliphatic heterocycles. The number of primary amides is 1. The monoisotopic (exact) mass is 242 g/mol. The van der Waals surface area contributed by atoms with Crippen LogP contribution in [0.5, 0.6) is 0 Å². The topological polar surface area (TPSA) is 103 Å². The van der Waals surface area contributed by atoms with Crippen LogP contribution in [0.15, 0.2) is 23.1 Å². The molecule has 0 aliphatic carbocycles. The van der Waals surface area contributed by atoms with Gasteiger partial charge in [-0.25, -0.2) is 8.42 Å². The highest BCUT2D eigenvalue weighted by atomic mass is 32.2. The third-order valence-corrected chi connectivity index (χ3v) is 4.04. The number of hydrogen-bond donors (Lipinski definition) is 2. The van der Waals surface area contributed by atoms with Crippen molar-refractivity contribution in [2.45, 2.75) is 18.2 Å². The van der Waals surface area contributed by atoms with Gasteiger partial charge in [-0.2, -0.15) is 0 Å². The van der Waals surface area contributed by atoms with Gasteiger partial charge in [-0.15, -0.1) is 0 Å². The van der Waals surface area contributed by atoms with Gasteiger partial charge in [-0.05, 0) is 24.6 Å². The number of sulfone groups is 1. The number of anilines is 1. The minimum absolute atomic E-state index is 0.0579. The van der Waals surface area contributed by atoms with Crippen LogP contribution in [0.3, 0.4) is 0 Å². The number of rotatable bonds is 4. The Morgan fingerprint density at radius 3 is 2.44 bits per heavy atom. The number of benzene rings is 1. The molecule has 0 aromatic heterocycles. The molecule has 0 saturated heterocycles. The van der Waals surface area contributed by atoms with Crippen LogP contribution in [-0.2, 0) is 9.84 Å². The van der Waals surface area contributed by atoms with Gasteiger partial charge in [-0.3, -0.25) is 4.79 Å². The zero-order valence-electron chi connectivity index (χ0n) is 8.93. The molecule has 88 valence electrons. The van der Waals surface area contributed by atoms with Gasteiger partial charge in [0.2, 0.25) is 0 Å². The molecule has 6 heteroatoms. The first-order chi connectivity index (χ1) is 7.38. The van der Waals surface area contributed by atoms with Crippen molar-refractivity contribution in [1.82, 2.24) is 0 Å². The van der Waals surface area contributed by atoms with Crippen molar-refractivity contribution in [1.29, 1.82) is 0 Å². The lowest BCUT2D eigenvalue weighted by Crippen LogP contribution is -2.14. The molecule has 0 spiro atoms. The van der Waals surface area contributed by atoms with Crippen molar-refractivity contribution in [3.63, 3.8) is 0 Å². The van der Waals surface area contributed by atoms with Crippen molar-refractivity contribution < 1.29 is 13.2 Å². The van der Waals surface area contributed by atoms with E-state index < -0.39 is 15.7 Å². The third-order valence-electron chi connectivity index (χ3n) is 2.12. The normalized spacial score (nSPS) is 11.3. The quantitative estimate of drug-likeness (QED) is 0.752. The van der Waals surface area contributed by atoms with Gasteiger partial charge in [0.15, 0.2) is 9.84 Å². The molecule has 1 rings (SSSR count). The Morgan fingerprint density at radius 2 is 2.00 bits per heavy atom. The lowest BCUT2D eigenvalue weighted by atomic mass is 10.2. The van der Waals surface area contributed by atoms with E-state index in [0.717, 1.165) is 0 Å². The zero-order chi connectivity index (χ0) is 12.3. The highest BCUT2D eigenvalue weighted by molar-refractivity contribution is 7.91. The molecule has 5 nitrogen and oxygen atoms in total. The summed E-state index contributed by atoms with van der Waals surface area (Å²) in [6.45, 7) is 1.78. The lowest BCUT2D eigenvalue weighted by Gasteiger charge is -2.06. The highest BCUT2D eigenvalue weighted by Crippen LogP contribution is 2.19. The summed E-state index contributed by atoms with van der Waals surface area (Å²) in [5.41, 5.74) is 10.8. The van der Waals surface area contributed by atoms with Crippen LogP contribution < -0.4 is 11.5 Å². The molecular formula is C10H14N2O3S. The second-order valence-electron chi connectivity index (χ2n) is 3.43. The van der Waals surface area contributed by atoms with Crippen LogP contribution in [0, 0.1) is 0 Å². The van der Waals surface area contributed by atoms with Crippen molar-refractivity contribution in [3.05, 3.63) is 23.8 Å². The molecule has 0 fully saturated rings. The largest absolute Gasteiger partial charge is 0.398 e. The van der Waals surface area contributed by atoms with Crippen molar-refractivity contribution in [2.24, 2.45) is 5.73 Å². The summed E-state index contributed by atoms with van der Waals surface area (Å²) in [5.74, 6) is -0.612. The second-order valence-corrected chi connectivity index (χ2v) is 5.54. The molecule has 1 aromatic rings. The van der Waals surface area contributed by atoms with E-state index >= 15 is 0 Å². The predicted octanol–water partition coefficient (Wildman–Crippen LogP) is 0.551. The van der Waals surface area contributed by atoms with Crippen molar-refractivity contribution in [3.8, 4) is 0 Å². The zero-order valence-corrected chi connectivity index (χ0v) is 9.75. The summed E-state index contributed by atoms with van der Waals surface area (Å²) in [7, 11) is -3.31. The van der Waals surface area contributed by atoms with Crippen LogP contribution in [0.25, 0.3) is 0 Å². The first kappa shape index (κ1) is 12.5. The van der Waals surface area contributed by atoms with E-state index in [0.29, 0.717) is 6.42 Å². The van der Waals surface area contributed by atoms with Crippen molar-refractivity contribution >= 4 is 21.4 Å². The van der Waals surface area contributed by atoms with Gasteiger partial charge in [0.1, 0.15) is 0 Å². The Balaban J connectivity index is 3.21. The van der Waals surface area contributed by atoms with E-state index in [9.17, 15) is 13.2 Å². The molecule has 0 radical (unpaired) electrons. The van der Waals surface area contributed by atoms with Crippen LogP contribution >= 0.6 is 0 Å². The maximum Gasteiger partial charge on any atom is 0.250 e. The number of amides is 1. The fraction of sp³-hybridized carbons (Fsp3) is 0.300. The number of nitrogen functional groups attached to an aromatic ring is 1. The Hall–Kier alpha value is -1.56. The third kappa shape index (κ3) is 2.52. The van der Waals surface area contributed by atoms with E-state index in [2.05, 4.69) is 0 Å². The minimum Gasteiger partial charge on any atom is -0.398 e. The van der Waals surface area contributed by atoms with Crippen LogP contribution in [0.2, 0.25) is 0 Å². The van der Waals surface area contributed by atoms with Gasteiger partial charge in [-0.1, -0.05) is 6.92 Å². The van der Waals surface area contributed by atoms with E-state index in [4.69, 9.17) is 11.5 Å². The highest BCUT2D eigenvalue weighted by Gasteiger charge is 2.15. The van der Waals surface area contributed by atoms with E-state index in [1.807, 2.05) is 0 Å². The standard InChI is InChI=1S/C10H14N2O3S/c1-2-5-16(14,15)7-3-4-8(10(12)13)9(11)6-7/h3-4,6H,2,5,11H2,1H3,(H2,12,13). The molecular weight excluding hydrogens is 228 g/mol. The fourth-order valence-electron chi connectivity index (χ4n) is 1.35. The predicted molar refractivity (Wildman–Crippen MR) is 61.7 cm³/mol. The Kier molecular flexibility index (Phi) is 3.54. The summed E-state index contributed by atoms with van der Waals surface area (Å²) >= 11 is 0. The molecule has 0 aliphatic rings. The Morgan fingerprint density at radius 1 is 1.38 bits per heavy atom. The molecule has 16 heavy (non-hydrogen) atoms. The summed E-state index contributed by atoms with van der Waals surface area (Å²) < 4.78 is 23.4. The molecule has 1 amide bonds. The maximum atomic E-state index is 11.7. The number of hydrogen-bond acceptors (Lipinski definition) is 4. The summed E-state index contributed by atoms with van der Waals surface area (Å²) in [6, 6.07) is 3.95. The minimum atomic E-state index is -3.31. The Bertz CT molecular complexity index is 509. The average Bonchev–Trinajstić information content (AvgIpc) is 2.16. The molecule has 0 bridgehead atoms. The number of carbonyl (C=O) groups is 1.